The Hall–Kier alpha value is -1.55. The van der Waals surface area contributed by atoms with Crippen LogP contribution in [0.5, 0.6) is 0 Å². The Morgan fingerprint density at radius 1 is 1.26 bits per heavy atom. The first-order valence-electron chi connectivity index (χ1n) is 6.39. The van der Waals surface area contributed by atoms with Crippen molar-refractivity contribution in [2.75, 3.05) is 0 Å². The van der Waals surface area contributed by atoms with Gasteiger partial charge in [-0.05, 0) is 31.9 Å². The monoisotopic (exact) mass is 276 g/mol. The molecule has 0 aliphatic rings. The first-order chi connectivity index (χ1) is 9.04. The molecule has 0 fully saturated rings. The molecule has 19 heavy (non-hydrogen) atoms. The van der Waals surface area contributed by atoms with Crippen LogP contribution in [0.1, 0.15) is 30.3 Å². The molecule has 2 aromatic rings. The van der Waals surface area contributed by atoms with Crippen LogP contribution in [-0.4, -0.2) is 9.97 Å². The predicted octanol–water partition coefficient (Wildman–Crippen LogP) is 4.51. The fourth-order valence-electron chi connectivity index (χ4n) is 2.08. The lowest BCUT2D eigenvalue weighted by molar-refractivity contribution is 0.619. The Labute approximate surface area is 117 Å². The number of hydrogen-bond donors (Lipinski definition) is 1. The van der Waals surface area contributed by atoms with Crippen LogP contribution >= 0.6 is 12.2 Å². The molecule has 2 rings (SSSR count). The number of nitrogens with one attached hydrogen (secondary N) is 1. The number of halogens is 1. The molecular weight excluding hydrogens is 259 g/mol. The van der Waals surface area contributed by atoms with E-state index >= 15 is 0 Å². The van der Waals surface area contributed by atoms with E-state index in [1.165, 1.54) is 6.07 Å². The van der Waals surface area contributed by atoms with Crippen LogP contribution in [0, 0.1) is 24.3 Å². The van der Waals surface area contributed by atoms with Gasteiger partial charge in [-0.2, -0.15) is 0 Å². The lowest BCUT2D eigenvalue weighted by Gasteiger charge is -2.12. The van der Waals surface area contributed by atoms with Crippen LogP contribution in [0.3, 0.4) is 0 Å². The molecule has 0 saturated heterocycles. The van der Waals surface area contributed by atoms with Crippen LogP contribution in [0.2, 0.25) is 0 Å². The largest absolute Gasteiger partial charge is 0.343 e. The van der Waals surface area contributed by atoms with Crippen molar-refractivity contribution in [3.8, 4) is 11.3 Å². The van der Waals surface area contributed by atoms with E-state index in [0.29, 0.717) is 10.2 Å². The number of aromatic amines is 1. The highest BCUT2D eigenvalue weighted by atomic mass is 32.1. The standard InChI is InChI=1S/C15H17FN2S/c1-4-6-13-17-14(10(3)15(19)18-13)11-7-5-8-12(16)9(11)2/h5,7-8H,4,6H2,1-3H3,(H,17,18,19). The molecule has 0 bridgehead atoms. The summed E-state index contributed by atoms with van der Waals surface area (Å²) < 4.78 is 14.3. The number of nitrogens with zero attached hydrogens (tertiary/aromatic N) is 1. The fourth-order valence-corrected chi connectivity index (χ4v) is 2.29. The molecule has 0 amide bonds. The van der Waals surface area contributed by atoms with Gasteiger partial charge >= 0.3 is 0 Å². The Kier molecular flexibility index (Phi) is 4.10. The normalized spacial score (nSPS) is 10.7. The molecule has 0 unspecified atom stereocenters. The summed E-state index contributed by atoms with van der Waals surface area (Å²) in [5.74, 6) is 0.654. The zero-order valence-corrected chi connectivity index (χ0v) is 12.2. The molecule has 0 aliphatic heterocycles. The highest BCUT2D eigenvalue weighted by molar-refractivity contribution is 7.71. The van der Waals surface area contributed by atoms with E-state index in [0.717, 1.165) is 35.5 Å². The molecule has 1 aromatic carbocycles. The molecule has 2 nitrogen and oxygen atoms in total. The Bertz CT molecular complexity index is 662. The molecule has 1 N–H and O–H groups in total. The quantitative estimate of drug-likeness (QED) is 0.835. The molecule has 0 radical (unpaired) electrons. The van der Waals surface area contributed by atoms with E-state index in [9.17, 15) is 4.39 Å². The van der Waals surface area contributed by atoms with Crippen LogP contribution < -0.4 is 0 Å². The van der Waals surface area contributed by atoms with Crippen LogP contribution in [0.4, 0.5) is 4.39 Å². The SMILES string of the molecule is CCCc1nc(=S)c(C)c(-c2cccc(F)c2C)[nH]1. The van der Waals surface area contributed by atoms with Gasteiger partial charge in [0.05, 0.1) is 5.69 Å². The van der Waals surface area contributed by atoms with Crippen molar-refractivity contribution in [1.29, 1.82) is 0 Å². The van der Waals surface area contributed by atoms with Crippen molar-refractivity contribution < 1.29 is 4.39 Å². The van der Waals surface area contributed by atoms with Crippen LogP contribution in [-0.2, 0) is 6.42 Å². The first-order valence-corrected chi connectivity index (χ1v) is 6.80. The maximum atomic E-state index is 13.7. The van der Waals surface area contributed by atoms with Gasteiger partial charge in [0.25, 0.3) is 0 Å². The lowest BCUT2D eigenvalue weighted by atomic mass is 10.0. The smallest absolute Gasteiger partial charge is 0.133 e. The van der Waals surface area contributed by atoms with E-state index in [1.807, 2.05) is 13.0 Å². The third kappa shape index (κ3) is 2.73. The minimum absolute atomic E-state index is 0.204. The fraction of sp³-hybridized carbons (Fsp3) is 0.333. The van der Waals surface area contributed by atoms with Crippen molar-refractivity contribution >= 4 is 12.2 Å². The molecular formula is C15H17FN2S. The highest BCUT2D eigenvalue weighted by Crippen LogP contribution is 2.26. The number of hydrogen-bond acceptors (Lipinski definition) is 2. The second-order valence-electron chi connectivity index (χ2n) is 4.65. The topological polar surface area (TPSA) is 28.7 Å². The third-order valence-corrected chi connectivity index (χ3v) is 3.62. The zero-order valence-electron chi connectivity index (χ0n) is 11.4. The molecule has 1 heterocycles. The maximum absolute atomic E-state index is 13.7. The summed E-state index contributed by atoms with van der Waals surface area (Å²) in [5, 5.41) is 0. The van der Waals surface area contributed by atoms with E-state index in [-0.39, 0.29) is 5.82 Å². The van der Waals surface area contributed by atoms with E-state index < -0.39 is 0 Å². The van der Waals surface area contributed by atoms with E-state index in [2.05, 4.69) is 16.9 Å². The maximum Gasteiger partial charge on any atom is 0.133 e. The summed E-state index contributed by atoms with van der Waals surface area (Å²) in [6.07, 6.45) is 1.83. The Morgan fingerprint density at radius 3 is 2.68 bits per heavy atom. The summed E-state index contributed by atoms with van der Waals surface area (Å²) >= 11 is 5.29. The van der Waals surface area contributed by atoms with Gasteiger partial charge < -0.3 is 4.98 Å². The van der Waals surface area contributed by atoms with Crippen LogP contribution in [0.15, 0.2) is 18.2 Å². The zero-order chi connectivity index (χ0) is 14.0. The Balaban J connectivity index is 2.67. The molecule has 0 atom stereocenters. The Morgan fingerprint density at radius 2 is 2.00 bits per heavy atom. The van der Waals surface area contributed by atoms with Crippen LogP contribution in [0.25, 0.3) is 11.3 Å². The summed E-state index contributed by atoms with van der Waals surface area (Å²) in [6, 6.07) is 5.09. The average molecular weight is 276 g/mol. The van der Waals surface area contributed by atoms with Gasteiger partial charge in [-0.1, -0.05) is 31.3 Å². The van der Waals surface area contributed by atoms with Crippen molar-refractivity contribution in [2.45, 2.75) is 33.6 Å². The van der Waals surface area contributed by atoms with Gasteiger partial charge in [0.15, 0.2) is 0 Å². The van der Waals surface area contributed by atoms with E-state index in [1.54, 1.807) is 13.0 Å². The van der Waals surface area contributed by atoms with Gasteiger partial charge in [0, 0.05) is 17.5 Å². The third-order valence-electron chi connectivity index (χ3n) is 3.23. The average Bonchev–Trinajstić information content (AvgIpc) is 2.37. The minimum atomic E-state index is -0.204. The number of aromatic nitrogens is 2. The molecule has 0 saturated carbocycles. The number of benzene rings is 1. The predicted molar refractivity (Wildman–Crippen MR) is 78.3 cm³/mol. The van der Waals surface area contributed by atoms with Gasteiger partial charge in [-0.3, -0.25) is 0 Å². The summed E-state index contributed by atoms with van der Waals surface area (Å²) in [4.78, 5) is 7.66. The van der Waals surface area contributed by atoms with Crippen molar-refractivity contribution in [2.24, 2.45) is 0 Å². The number of H-pyrrole nitrogens is 1. The molecule has 100 valence electrons. The molecule has 4 heteroatoms. The van der Waals surface area contributed by atoms with Crippen molar-refractivity contribution in [3.63, 3.8) is 0 Å². The molecule has 0 aliphatic carbocycles. The van der Waals surface area contributed by atoms with Crippen molar-refractivity contribution in [3.05, 3.63) is 45.6 Å². The minimum Gasteiger partial charge on any atom is -0.343 e. The summed E-state index contributed by atoms with van der Waals surface area (Å²) in [7, 11) is 0. The lowest BCUT2D eigenvalue weighted by Crippen LogP contribution is -2.02. The number of aryl methyl sites for hydroxylation is 1. The van der Waals surface area contributed by atoms with Gasteiger partial charge in [-0.15, -0.1) is 0 Å². The molecule has 1 aromatic heterocycles. The summed E-state index contributed by atoms with van der Waals surface area (Å²) in [5.41, 5.74) is 3.25. The summed E-state index contributed by atoms with van der Waals surface area (Å²) in [6.45, 7) is 5.79. The first kappa shape index (κ1) is 13.9. The van der Waals surface area contributed by atoms with E-state index in [4.69, 9.17) is 12.2 Å². The van der Waals surface area contributed by atoms with Gasteiger partial charge in [0.2, 0.25) is 0 Å². The number of rotatable bonds is 3. The van der Waals surface area contributed by atoms with Gasteiger partial charge in [0.1, 0.15) is 16.3 Å². The van der Waals surface area contributed by atoms with Gasteiger partial charge in [-0.25, -0.2) is 9.37 Å². The highest BCUT2D eigenvalue weighted by Gasteiger charge is 2.11. The second-order valence-corrected chi connectivity index (χ2v) is 5.04. The van der Waals surface area contributed by atoms with Crippen molar-refractivity contribution in [1.82, 2.24) is 9.97 Å². The second kappa shape index (κ2) is 5.61. The molecule has 0 spiro atoms.